The van der Waals surface area contributed by atoms with Gasteiger partial charge in [0.1, 0.15) is 0 Å². The fourth-order valence-electron chi connectivity index (χ4n) is 3.49. The van der Waals surface area contributed by atoms with Crippen LogP contribution >= 0.6 is 0 Å². The number of benzene rings is 2. The van der Waals surface area contributed by atoms with Crippen molar-refractivity contribution in [3.8, 4) is 0 Å². The van der Waals surface area contributed by atoms with E-state index in [1.165, 1.54) is 41.6 Å². The summed E-state index contributed by atoms with van der Waals surface area (Å²) < 4.78 is 0. The minimum atomic E-state index is 0.457. The Morgan fingerprint density at radius 1 is 1.04 bits per heavy atom. The molecule has 25 heavy (non-hydrogen) atoms. The number of guanidine groups is 1. The lowest BCUT2D eigenvalue weighted by Gasteiger charge is -2.30. The summed E-state index contributed by atoms with van der Waals surface area (Å²) in [7, 11) is 0. The van der Waals surface area contributed by atoms with E-state index >= 15 is 0 Å². The van der Waals surface area contributed by atoms with Gasteiger partial charge in [-0.2, -0.15) is 0 Å². The summed E-state index contributed by atoms with van der Waals surface area (Å²) in [5.41, 5.74) is 12.1. The Morgan fingerprint density at radius 3 is 2.44 bits per heavy atom. The van der Waals surface area contributed by atoms with Crippen LogP contribution in [0.25, 0.3) is 0 Å². The van der Waals surface area contributed by atoms with E-state index in [2.05, 4.69) is 71.5 Å². The quantitative estimate of drug-likeness (QED) is 0.649. The molecule has 0 amide bonds. The number of nitrogens with two attached hydrogens (primary N) is 1. The largest absolute Gasteiger partial charge is 0.371 e. The number of para-hydroxylation sites is 1. The van der Waals surface area contributed by atoms with Gasteiger partial charge in [0, 0.05) is 24.5 Å². The van der Waals surface area contributed by atoms with Crippen molar-refractivity contribution in [2.45, 2.75) is 39.7 Å². The third-order valence-electron chi connectivity index (χ3n) is 4.60. The summed E-state index contributed by atoms with van der Waals surface area (Å²) in [5.74, 6) is 0.457. The van der Waals surface area contributed by atoms with Crippen LogP contribution in [0.3, 0.4) is 0 Å². The third kappa shape index (κ3) is 4.75. The first-order chi connectivity index (χ1) is 12.1. The van der Waals surface area contributed by atoms with Crippen molar-refractivity contribution in [1.29, 1.82) is 0 Å². The monoisotopic (exact) mass is 336 g/mol. The average molecular weight is 336 g/mol. The second kappa shape index (κ2) is 8.06. The molecule has 3 rings (SSSR count). The van der Waals surface area contributed by atoms with Crippen molar-refractivity contribution < 1.29 is 0 Å². The maximum atomic E-state index is 6.11. The lowest BCUT2D eigenvalue weighted by atomic mass is 10.1. The molecule has 1 aliphatic heterocycles. The SMILES string of the molecule is Cc1cc(C)cc(NC(N)=NCc2ccccc2N2CCCCC2)c1. The molecule has 0 bridgehead atoms. The second-order valence-electron chi connectivity index (χ2n) is 6.88. The molecule has 3 N–H and O–H groups in total. The highest BCUT2D eigenvalue weighted by atomic mass is 15.1. The normalized spacial score (nSPS) is 15.3. The molecule has 0 spiro atoms. The van der Waals surface area contributed by atoms with E-state index in [-0.39, 0.29) is 0 Å². The summed E-state index contributed by atoms with van der Waals surface area (Å²) in [4.78, 5) is 7.04. The molecule has 0 unspecified atom stereocenters. The van der Waals surface area contributed by atoms with Gasteiger partial charge in [0.25, 0.3) is 0 Å². The Labute approximate surface area is 150 Å². The predicted octanol–water partition coefficient (Wildman–Crippen LogP) is 4.22. The molecule has 0 saturated carbocycles. The maximum absolute atomic E-state index is 6.11. The highest BCUT2D eigenvalue weighted by Crippen LogP contribution is 2.24. The van der Waals surface area contributed by atoms with E-state index in [9.17, 15) is 0 Å². The van der Waals surface area contributed by atoms with Crippen molar-refractivity contribution in [3.63, 3.8) is 0 Å². The third-order valence-corrected chi connectivity index (χ3v) is 4.60. The first-order valence-electron chi connectivity index (χ1n) is 9.10. The van der Waals surface area contributed by atoms with E-state index in [0.717, 1.165) is 18.8 Å². The van der Waals surface area contributed by atoms with Gasteiger partial charge in [0.2, 0.25) is 0 Å². The zero-order valence-corrected chi connectivity index (χ0v) is 15.3. The highest BCUT2D eigenvalue weighted by Gasteiger charge is 2.13. The number of aryl methyl sites for hydroxylation is 2. The topological polar surface area (TPSA) is 53.6 Å². The summed E-state index contributed by atoms with van der Waals surface area (Å²) in [6.45, 7) is 7.03. The maximum Gasteiger partial charge on any atom is 0.193 e. The van der Waals surface area contributed by atoms with Crippen LogP contribution in [0.1, 0.15) is 36.0 Å². The van der Waals surface area contributed by atoms with Gasteiger partial charge in [-0.1, -0.05) is 24.3 Å². The summed E-state index contributed by atoms with van der Waals surface area (Å²) in [6.07, 6.45) is 3.88. The van der Waals surface area contributed by atoms with Gasteiger partial charge >= 0.3 is 0 Å². The van der Waals surface area contributed by atoms with Crippen LogP contribution in [0.2, 0.25) is 0 Å². The minimum Gasteiger partial charge on any atom is -0.371 e. The van der Waals surface area contributed by atoms with Crippen molar-refractivity contribution in [2.24, 2.45) is 10.7 Å². The minimum absolute atomic E-state index is 0.457. The molecule has 1 heterocycles. The Balaban J connectivity index is 1.70. The molecule has 132 valence electrons. The standard InChI is InChI=1S/C21H28N4/c1-16-12-17(2)14-19(13-16)24-21(22)23-15-18-8-4-5-9-20(18)25-10-6-3-7-11-25/h4-5,8-9,12-14H,3,6-7,10-11,15H2,1-2H3,(H3,22,23,24). The number of hydrogen-bond acceptors (Lipinski definition) is 2. The molecule has 4 heteroatoms. The van der Waals surface area contributed by atoms with Gasteiger partial charge in [-0.15, -0.1) is 0 Å². The number of nitrogens with one attached hydrogen (secondary N) is 1. The molecule has 2 aromatic rings. The van der Waals surface area contributed by atoms with Crippen LogP contribution < -0.4 is 16.0 Å². The van der Waals surface area contributed by atoms with E-state index in [4.69, 9.17) is 5.73 Å². The van der Waals surface area contributed by atoms with Crippen molar-refractivity contribution >= 4 is 17.3 Å². The molecular formula is C21H28N4. The first-order valence-corrected chi connectivity index (χ1v) is 9.10. The van der Waals surface area contributed by atoms with Crippen LogP contribution in [0.4, 0.5) is 11.4 Å². The number of hydrogen-bond donors (Lipinski definition) is 2. The Hall–Kier alpha value is -2.49. The lowest BCUT2D eigenvalue weighted by Crippen LogP contribution is -2.30. The molecular weight excluding hydrogens is 308 g/mol. The fourth-order valence-corrected chi connectivity index (χ4v) is 3.49. The molecule has 0 atom stereocenters. The smallest absolute Gasteiger partial charge is 0.193 e. The molecule has 4 nitrogen and oxygen atoms in total. The number of nitrogens with zero attached hydrogens (tertiary/aromatic N) is 2. The number of rotatable bonds is 4. The fraction of sp³-hybridized carbons (Fsp3) is 0.381. The summed E-state index contributed by atoms with van der Waals surface area (Å²) >= 11 is 0. The molecule has 2 aromatic carbocycles. The predicted molar refractivity (Wildman–Crippen MR) is 107 cm³/mol. The van der Waals surface area contributed by atoms with Crippen LogP contribution in [0.5, 0.6) is 0 Å². The van der Waals surface area contributed by atoms with Crippen LogP contribution in [0.15, 0.2) is 47.5 Å². The van der Waals surface area contributed by atoms with E-state index in [1.807, 2.05) is 0 Å². The lowest BCUT2D eigenvalue weighted by molar-refractivity contribution is 0.576. The second-order valence-corrected chi connectivity index (χ2v) is 6.88. The molecule has 0 aliphatic carbocycles. The Bertz CT molecular complexity index is 725. The van der Waals surface area contributed by atoms with Crippen molar-refractivity contribution in [1.82, 2.24) is 0 Å². The van der Waals surface area contributed by atoms with E-state index in [0.29, 0.717) is 12.5 Å². The average Bonchev–Trinajstić information content (AvgIpc) is 2.60. The van der Waals surface area contributed by atoms with Gasteiger partial charge in [-0.25, -0.2) is 4.99 Å². The molecule has 1 saturated heterocycles. The van der Waals surface area contributed by atoms with Crippen LogP contribution in [-0.2, 0) is 6.54 Å². The Kier molecular flexibility index (Phi) is 5.59. The zero-order valence-electron chi connectivity index (χ0n) is 15.3. The molecule has 1 fully saturated rings. The van der Waals surface area contributed by atoms with Gasteiger partial charge in [0.05, 0.1) is 6.54 Å². The first kappa shape index (κ1) is 17.3. The molecule has 0 radical (unpaired) electrons. The highest BCUT2D eigenvalue weighted by molar-refractivity contribution is 5.92. The van der Waals surface area contributed by atoms with Gasteiger partial charge in [-0.3, -0.25) is 0 Å². The molecule has 0 aromatic heterocycles. The zero-order chi connectivity index (χ0) is 17.6. The van der Waals surface area contributed by atoms with Crippen LogP contribution in [-0.4, -0.2) is 19.0 Å². The number of anilines is 2. The number of aliphatic imine (C=N–C) groups is 1. The van der Waals surface area contributed by atoms with Crippen LogP contribution in [0, 0.1) is 13.8 Å². The van der Waals surface area contributed by atoms with Crippen molar-refractivity contribution in [2.75, 3.05) is 23.3 Å². The van der Waals surface area contributed by atoms with E-state index < -0.39 is 0 Å². The summed E-state index contributed by atoms with van der Waals surface area (Å²) in [5, 5.41) is 3.21. The molecule has 1 aliphatic rings. The summed E-state index contributed by atoms with van der Waals surface area (Å²) in [6, 6.07) is 14.8. The van der Waals surface area contributed by atoms with Gasteiger partial charge in [0.15, 0.2) is 5.96 Å². The van der Waals surface area contributed by atoms with Crippen molar-refractivity contribution in [3.05, 3.63) is 59.2 Å². The number of piperidine rings is 1. The Morgan fingerprint density at radius 2 is 1.72 bits per heavy atom. The van der Waals surface area contributed by atoms with Gasteiger partial charge in [-0.05, 0) is 68.0 Å². The van der Waals surface area contributed by atoms with E-state index in [1.54, 1.807) is 0 Å². The van der Waals surface area contributed by atoms with Gasteiger partial charge < -0.3 is 16.0 Å².